The molecule has 0 fully saturated rings. The molecular formula is C50H96O6. The topological polar surface area (TPSA) is 78.9 Å². The molecule has 1 unspecified atom stereocenters. The predicted octanol–water partition coefficient (Wildman–Crippen LogP) is 15.9. The van der Waals surface area contributed by atoms with E-state index in [9.17, 15) is 14.4 Å². The quantitative estimate of drug-likeness (QED) is 0.0347. The van der Waals surface area contributed by atoms with Crippen molar-refractivity contribution in [3.05, 3.63) is 0 Å². The largest absolute Gasteiger partial charge is 0.462 e. The summed E-state index contributed by atoms with van der Waals surface area (Å²) in [5.74, 6) is 0.0195. The Morgan fingerprint density at radius 1 is 0.357 bits per heavy atom. The molecule has 0 spiro atoms. The van der Waals surface area contributed by atoms with Crippen molar-refractivity contribution in [1.82, 2.24) is 0 Å². The molecule has 0 aromatic rings. The molecule has 0 N–H and O–H groups in total. The van der Waals surface area contributed by atoms with E-state index in [1.54, 1.807) is 0 Å². The Morgan fingerprint density at radius 2 is 0.625 bits per heavy atom. The van der Waals surface area contributed by atoms with Gasteiger partial charge in [-0.2, -0.15) is 0 Å². The molecule has 0 radical (unpaired) electrons. The van der Waals surface area contributed by atoms with Crippen LogP contribution in [0.2, 0.25) is 0 Å². The van der Waals surface area contributed by atoms with Crippen LogP contribution in [0.5, 0.6) is 0 Å². The highest BCUT2D eigenvalue weighted by molar-refractivity contribution is 5.71. The van der Waals surface area contributed by atoms with E-state index < -0.39 is 6.10 Å². The maximum absolute atomic E-state index is 12.8. The van der Waals surface area contributed by atoms with Crippen molar-refractivity contribution in [2.45, 2.75) is 284 Å². The van der Waals surface area contributed by atoms with Gasteiger partial charge in [0.25, 0.3) is 0 Å². The second-order valence-corrected chi connectivity index (χ2v) is 17.3. The minimum Gasteiger partial charge on any atom is -0.462 e. The number of rotatable bonds is 45. The van der Waals surface area contributed by atoms with Crippen LogP contribution in [0.4, 0.5) is 0 Å². The smallest absolute Gasteiger partial charge is 0.306 e. The van der Waals surface area contributed by atoms with Gasteiger partial charge in [0, 0.05) is 19.3 Å². The van der Waals surface area contributed by atoms with Gasteiger partial charge in [0.1, 0.15) is 13.2 Å². The minimum absolute atomic E-state index is 0.0631. The summed E-state index contributed by atoms with van der Waals surface area (Å²) >= 11 is 0. The third-order valence-corrected chi connectivity index (χ3v) is 11.7. The number of hydrogen-bond acceptors (Lipinski definition) is 6. The summed E-state index contributed by atoms with van der Waals surface area (Å²) in [4.78, 5) is 37.8. The van der Waals surface area contributed by atoms with E-state index in [0.717, 1.165) is 63.7 Å². The van der Waals surface area contributed by atoms with Gasteiger partial charge in [-0.1, -0.05) is 240 Å². The molecule has 2 atom stereocenters. The summed E-state index contributed by atoms with van der Waals surface area (Å²) in [6.45, 7) is 9.03. The normalized spacial score (nSPS) is 12.4. The lowest BCUT2D eigenvalue weighted by molar-refractivity contribution is -0.167. The maximum Gasteiger partial charge on any atom is 0.306 e. The van der Waals surface area contributed by atoms with Crippen molar-refractivity contribution in [2.75, 3.05) is 13.2 Å². The number of unbranched alkanes of at least 4 members (excludes halogenated alkanes) is 31. The first kappa shape index (κ1) is 54.4. The monoisotopic (exact) mass is 793 g/mol. The standard InChI is InChI=1S/C50H96O6/c1-5-8-10-12-14-16-18-19-21-26-30-34-38-42-49(52)55-45-47(44-54-48(51)41-37-33-29-25-20-17-15-13-11-9-6-2)56-50(53)43-39-35-31-27-23-22-24-28-32-36-40-46(4)7-3/h46-47H,5-45H2,1-4H3/t46?,47-/m1/s1. The van der Waals surface area contributed by atoms with Gasteiger partial charge < -0.3 is 14.2 Å². The van der Waals surface area contributed by atoms with Crippen LogP contribution >= 0.6 is 0 Å². The molecule has 0 aliphatic heterocycles. The fourth-order valence-corrected chi connectivity index (χ4v) is 7.48. The van der Waals surface area contributed by atoms with E-state index in [1.165, 1.54) is 173 Å². The van der Waals surface area contributed by atoms with Gasteiger partial charge in [-0.15, -0.1) is 0 Å². The highest BCUT2D eigenvalue weighted by Gasteiger charge is 2.19. The van der Waals surface area contributed by atoms with E-state index >= 15 is 0 Å². The van der Waals surface area contributed by atoms with Crippen LogP contribution < -0.4 is 0 Å². The van der Waals surface area contributed by atoms with Crippen molar-refractivity contribution in [2.24, 2.45) is 5.92 Å². The molecule has 0 aromatic heterocycles. The zero-order chi connectivity index (χ0) is 41.0. The van der Waals surface area contributed by atoms with Crippen LogP contribution in [0.25, 0.3) is 0 Å². The number of carbonyl (C=O) groups excluding carboxylic acids is 3. The fraction of sp³-hybridized carbons (Fsp3) is 0.940. The zero-order valence-electron chi connectivity index (χ0n) is 38.1. The van der Waals surface area contributed by atoms with E-state index in [1.807, 2.05) is 0 Å². The molecule has 0 heterocycles. The van der Waals surface area contributed by atoms with Crippen molar-refractivity contribution in [3.8, 4) is 0 Å². The van der Waals surface area contributed by atoms with Crippen LogP contribution in [-0.2, 0) is 28.6 Å². The van der Waals surface area contributed by atoms with Gasteiger partial charge in [-0.25, -0.2) is 0 Å². The van der Waals surface area contributed by atoms with Crippen LogP contribution in [0.1, 0.15) is 278 Å². The van der Waals surface area contributed by atoms with Gasteiger partial charge in [0.05, 0.1) is 0 Å². The lowest BCUT2D eigenvalue weighted by atomic mass is 9.99. The SMILES string of the molecule is CCCCCCCCCCCCCCCC(=O)OC[C@@H](COC(=O)CCCCCCCCCCCCC)OC(=O)CCCCCCCCCCCCC(C)CC. The molecule has 0 bridgehead atoms. The summed E-state index contributed by atoms with van der Waals surface area (Å²) in [7, 11) is 0. The summed E-state index contributed by atoms with van der Waals surface area (Å²) in [6.07, 6.45) is 45.0. The molecule has 0 aromatic carbocycles. The average Bonchev–Trinajstić information content (AvgIpc) is 3.19. The van der Waals surface area contributed by atoms with Gasteiger partial charge in [-0.3, -0.25) is 14.4 Å². The lowest BCUT2D eigenvalue weighted by Gasteiger charge is -2.18. The molecule has 332 valence electrons. The number of carbonyl (C=O) groups is 3. The lowest BCUT2D eigenvalue weighted by Crippen LogP contribution is -2.30. The van der Waals surface area contributed by atoms with Gasteiger partial charge in [0.2, 0.25) is 0 Å². The summed E-state index contributed by atoms with van der Waals surface area (Å²) in [5.41, 5.74) is 0. The van der Waals surface area contributed by atoms with Crippen molar-refractivity contribution < 1.29 is 28.6 Å². The van der Waals surface area contributed by atoms with Crippen LogP contribution in [-0.4, -0.2) is 37.2 Å². The third-order valence-electron chi connectivity index (χ3n) is 11.7. The molecule has 0 rings (SSSR count). The second kappa shape index (κ2) is 44.5. The van der Waals surface area contributed by atoms with E-state index in [2.05, 4.69) is 27.7 Å². The Bertz CT molecular complexity index is 843. The highest BCUT2D eigenvalue weighted by Crippen LogP contribution is 2.17. The van der Waals surface area contributed by atoms with Crippen molar-refractivity contribution in [3.63, 3.8) is 0 Å². The Kier molecular flexibility index (Phi) is 43.2. The number of hydrogen-bond donors (Lipinski definition) is 0. The van der Waals surface area contributed by atoms with E-state index in [-0.39, 0.29) is 31.1 Å². The summed E-state index contributed by atoms with van der Waals surface area (Å²) in [6, 6.07) is 0. The summed E-state index contributed by atoms with van der Waals surface area (Å²) < 4.78 is 16.8. The Labute approximate surface area is 348 Å². The molecule has 0 aliphatic carbocycles. The first-order valence-corrected chi connectivity index (χ1v) is 24.9. The van der Waals surface area contributed by atoms with Crippen LogP contribution in [0, 0.1) is 5.92 Å². The molecule has 0 saturated heterocycles. The van der Waals surface area contributed by atoms with E-state index in [4.69, 9.17) is 14.2 Å². The molecule has 6 heteroatoms. The number of esters is 3. The van der Waals surface area contributed by atoms with Gasteiger partial charge >= 0.3 is 17.9 Å². The molecule has 0 aliphatic rings. The highest BCUT2D eigenvalue weighted by atomic mass is 16.6. The first-order valence-electron chi connectivity index (χ1n) is 24.9. The second-order valence-electron chi connectivity index (χ2n) is 17.3. The number of ether oxygens (including phenoxy) is 3. The third kappa shape index (κ3) is 42.0. The van der Waals surface area contributed by atoms with E-state index in [0.29, 0.717) is 19.3 Å². The average molecular weight is 793 g/mol. The van der Waals surface area contributed by atoms with Crippen LogP contribution in [0.15, 0.2) is 0 Å². The molecule has 0 saturated carbocycles. The van der Waals surface area contributed by atoms with Crippen LogP contribution in [0.3, 0.4) is 0 Å². The fourth-order valence-electron chi connectivity index (χ4n) is 7.48. The molecule has 56 heavy (non-hydrogen) atoms. The molecular weight excluding hydrogens is 697 g/mol. The predicted molar refractivity (Wildman–Crippen MR) is 238 cm³/mol. The zero-order valence-corrected chi connectivity index (χ0v) is 38.1. The van der Waals surface area contributed by atoms with Gasteiger partial charge in [-0.05, 0) is 25.2 Å². The Balaban J connectivity index is 4.32. The van der Waals surface area contributed by atoms with Crippen molar-refractivity contribution in [1.29, 1.82) is 0 Å². The molecule has 6 nitrogen and oxygen atoms in total. The first-order chi connectivity index (χ1) is 27.4. The van der Waals surface area contributed by atoms with Gasteiger partial charge in [0.15, 0.2) is 6.10 Å². The minimum atomic E-state index is -0.760. The summed E-state index contributed by atoms with van der Waals surface area (Å²) in [5, 5.41) is 0. The van der Waals surface area contributed by atoms with Crippen molar-refractivity contribution >= 4 is 17.9 Å². The Morgan fingerprint density at radius 3 is 0.929 bits per heavy atom. The molecule has 0 amide bonds. The Hall–Kier alpha value is -1.59. The maximum atomic E-state index is 12.8.